The fraction of sp³-hybridized carbons (Fsp3) is 0.583. The van der Waals surface area contributed by atoms with Crippen molar-refractivity contribution in [2.24, 2.45) is 0 Å². The van der Waals surface area contributed by atoms with E-state index in [4.69, 9.17) is 9.47 Å². The topological polar surface area (TPSA) is 43.4 Å². The number of nitrogens with one attached hydrogen (secondary N) is 1. The summed E-state index contributed by atoms with van der Waals surface area (Å²) in [6.45, 7) is 5.94. The van der Waals surface area contributed by atoms with E-state index in [2.05, 4.69) is 17.2 Å². The maximum atomic E-state index is 5.47. The van der Waals surface area contributed by atoms with E-state index >= 15 is 0 Å². The maximum Gasteiger partial charge on any atom is 0.137 e. The van der Waals surface area contributed by atoms with Gasteiger partial charge in [-0.2, -0.15) is 0 Å². The number of hydrogen-bond donors (Lipinski definition) is 1. The Kier molecular flexibility index (Phi) is 5.82. The SMILES string of the molecule is CCOCCOc1ccc(C(C)NC)nc1. The standard InChI is InChI=1S/C12H20N2O2/c1-4-15-7-8-16-11-5-6-12(14-9-11)10(2)13-3/h5-6,9-10,13H,4,7-8H2,1-3H3. The van der Waals surface area contributed by atoms with Gasteiger partial charge in [0, 0.05) is 12.6 Å². The van der Waals surface area contributed by atoms with Crippen molar-refractivity contribution in [2.45, 2.75) is 19.9 Å². The van der Waals surface area contributed by atoms with Gasteiger partial charge in [0.15, 0.2) is 0 Å². The summed E-state index contributed by atoms with van der Waals surface area (Å²) in [6.07, 6.45) is 1.75. The van der Waals surface area contributed by atoms with Gasteiger partial charge in [-0.05, 0) is 33.0 Å². The molecule has 1 unspecified atom stereocenters. The first-order valence-electron chi connectivity index (χ1n) is 5.61. The molecule has 0 aliphatic heterocycles. The lowest BCUT2D eigenvalue weighted by molar-refractivity contribution is 0.110. The predicted octanol–water partition coefficient (Wildman–Crippen LogP) is 1.78. The highest BCUT2D eigenvalue weighted by atomic mass is 16.5. The summed E-state index contributed by atoms with van der Waals surface area (Å²) >= 11 is 0. The van der Waals surface area contributed by atoms with Crippen molar-refractivity contribution >= 4 is 0 Å². The Morgan fingerprint density at radius 1 is 1.38 bits per heavy atom. The van der Waals surface area contributed by atoms with Crippen LogP contribution in [0.25, 0.3) is 0 Å². The zero-order valence-electron chi connectivity index (χ0n) is 10.2. The van der Waals surface area contributed by atoms with E-state index in [9.17, 15) is 0 Å². The highest BCUT2D eigenvalue weighted by Gasteiger charge is 2.03. The summed E-state index contributed by atoms with van der Waals surface area (Å²) in [5, 5.41) is 3.14. The summed E-state index contributed by atoms with van der Waals surface area (Å²) in [6, 6.07) is 4.16. The van der Waals surface area contributed by atoms with Crippen molar-refractivity contribution < 1.29 is 9.47 Å². The molecule has 16 heavy (non-hydrogen) atoms. The first kappa shape index (κ1) is 12.9. The Labute approximate surface area is 97.0 Å². The Balaban J connectivity index is 2.39. The lowest BCUT2D eigenvalue weighted by Gasteiger charge is -2.10. The molecule has 1 atom stereocenters. The Morgan fingerprint density at radius 2 is 2.19 bits per heavy atom. The van der Waals surface area contributed by atoms with Crippen LogP contribution in [0.3, 0.4) is 0 Å². The van der Waals surface area contributed by atoms with Gasteiger partial charge in [0.05, 0.1) is 18.5 Å². The third kappa shape index (κ3) is 4.16. The average Bonchev–Trinajstić information content (AvgIpc) is 2.34. The zero-order chi connectivity index (χ0) is 11.8. The molecule has 1 aromatic heterocycles. The largest absolute Gasteiger partial charge is 0.490 e. The molecule has 0 aromatic carbocycles. The molecule has 0 fully saturated rings. The third-order valence-electron chi connectivity index (χ3n) is 2.34. The molecule has 1 N–H and O–H groups in total. The van der Waals surface area contributed by atoms with E-state index in [-0.39, 0.29) is 6.04 Å². The second-order valence-corrected chi connectivity index (χ2v) is 3.47. The number of ether oxygens (including phenoxy) is 2. The van der Waals surface area contributed by atoms with Gasteiger partial charge in [-0.15, -0.1) is 0 Å². The lowest BCUT2D eigenvalue weighted by atomic mass is 10.2. The van der Waals surface area contributed by atoms with Crippen molar-refractivity contribution in [1.29, 1.82) is 0 Å². The van der Waals surface area contributed by atoms with E-state index in [0.717, 1.165) is 18.1 Å². The Morgan fingerprint density at radius 3 is 2.75 bits per heavy atom. The number of pyridine rings is 1. The van der Waals surface area contributed by atoms with E-state index in [0.29, 0.717) is 13.2 Å². The average molecular weight is 224 g/mol. The summed E-state index contributed by atoms with van der Waals surface area (Å²) in [5.41, 5.74) is 1.01. The van der Waals surface area contributed by atoms with Crippen LogP contribution in [0.1, 0.15) is 25.6 Å². The quantitative estimate of drug-likeness (QED) is 0.717. The molecule has 4 heteroatoms. The molecule has 1 heterocycles. The van der Waals surface area contributed by atoms with Crippen LogP contribution in [-0.4, -0.2) is 31.9 Å². The van der Waals surface area contributed by atoms with E-state index < -0.39 is 0 Å². The molecule has 0 spiro atoms. The van der Waals surface area contributed by atoms with Gasteiger partial charge in [0.1, 0.15) is 12.4 Å². The molecule has 0 bridgehead atoms. The van der Waals surface area contributed by atoms with Gasteiger partial charge in [-0.3, -0.25) is 4.98 Å². The van der Waals surface area contributed by atoms with Crippen molar-refractivity contribution in [2.75, 3.05) is 26.9 Å². The van der Waals surface area contributed by atoms with Crippen LogP contribution in [-0.2, 0) is 4.74 Å². The van der Waals surface area contributed by atoms with Crippen LogP contribution in [0.4, 0.5) is 0 Å². The molecule has 0 saturated heterocycles. The van der Waals surface area contributed by atoms with Gasteiger partial charge >= 0.3 is 0 Å². The summed E-state index contributed by atoms with van der Waals surface area (Å²) in [7, 11) is 1.92. The fourth-order valence-corrected chi connectivity index (χ4v) is 1.24. The van der Waals surface area contributed by atoms with Crippen LogP contribution >= 0.6 is 0 Å². The lowest BCUT2D eigenvalue weighted by Crippen LogP contribution is -2.13. The first-order valence-corrected chi connectivity index (χ1v) is 5.61. The van der Waals surface area contributed by atoms with Gasteiger partial charge in [0.2, 0.25) is 0 Å². The van der Waals surface area contributed by atoms with Crippen molar-refractivity contribution in [1.82, 2.24) is 10.3 Å². The Bertz CT molecular complexity index is 288. The Hall–Kier alpha value is -1.13. The van der Waals surface area contributed by atoms with Gasteiger partial charge in [-0.1, -0.05) is 0 Å². The minimum Gasteiger partial charge on any atom is -0.490 e. The van der Waals surface area contributed by atoms with Gasteiger partial charge in [0.25, 0.3) is 0 Å². The maximum absolute atomic E-state index is 5.47. The molecular formula is C12H20N2O2. The second-order valence-electron chi connectivity index (χ2n) is 3.47. The van der Waals surface area contributed by atoms with E-state index in [1.165, 1.54) is 0 Å². The number of rotatable bonds is 7. The summed E-state index contributed by atoms with van der Waals surface area (Å²) < 4.78 is 10.6. The highest BCUT2D eigenvalue weighted by Crippen LogP contribution is 2.13. The number of aromatic nitrogens is 1. The second kappa shape index (κ2) is 7.19. The molecule has 0 radical (unpaired) electrons. The van der Waals surface area contributed by atoms with Crippen LogP contribution in [0.2, 0.25) is 0 Å². The van der Waals surface area contributed by atoms with Crippen LogP contribution in [0.5, 0.6) is 5.75 Å². The summed E-state index contributed by atoms with van der Waals surface area (Å²) in [4.78, 5) is 4.32. The van der Waals surface area contributed by atoms with E-state index in [1.54, 1.807) is 6.20 Å². The van der Waals surface area contributed by atoms with Gasteiger partial charge < -0.3 is 14.8 Å². The molecule has 0 aliphatic rings. The molecule has 90 valence electrons. The van der Waals surface area contributed by atoms with Crippen LogP contribution < -0.4 is 10.1 Å². The smallest absolute Gasteiger partial charge is 0.137 e. The fourth-order valence-electron chi connectivity index (χ4n) is 1.24. The number of nitrogens with zero attached hydrogens (tertiary/aromatic N) is 1. The zero-order valence-corrected chi connectivity index (χ0v) is 10.2. The minimum absolute atomic E-state index is 0.262. The third-order valence-corrected chi connectivity index (χ3v) is 2.34. The molecular weight excluding hydrogens is 204 g/mol. The molecule has 4 nitrogen and oxygen atoms in total. The predicted molar refractivity (Wildman–Crippen MR) is 63.7 cm³/mol. The van der Waals surface area contributed by atoms with Gasteiger partial charge in [-0.25, -0.2) is 0 Å². The monoisotopic (exact) mass is 224 g/mol. The first-order chi connectivity index (χ1) is 7.77. The summed E-state index contributed by atoms with van der Waals surface area (Å²) in [5.74, 6) is 0.784. The molecule has 0 aliphatic carbocycles. The molecule has 1 aromatic rings. The van der Waals surface area contributed by atoms with Crippen molar-refractivity contribution in [3.63, 3.8) is 0 Å². The highest BCUT2D eigenvalue weighted by molar-refractivity contribution is 5.21. The molecule has 0 amide bonds. The number of hydrogen-bond acceptors (Lipinski definition) is 4. The van der Waals surface area contributed by atoms with Crippen LogP contribution in [0.15, 0.2) is 18.3 Å². The molecule has 0 saturated carbocycles. The van der Waals surface area contributed by atoms with E-state index in [1.807, 2.05) is 26.1 Å². The normalized spacial score (nSPS) is 12.4. The minimum atomic E-state index is 0.262. The van der Waals surface area contributed by atoms with Crippen molar-refractivity contribution in [3.8, 4) is 5.75 Å². The van der Waals surface area contributed by atoms with Crippen molar-refractivity contribution in [3.05, 3.63) is 24.0 Å². The van der Waals surface area contributed by atoms with Crippen LogP contribution in [0, 0.1) is 0 Å². The molecule has 1 rings (SSSR count).